The number of sulfonamides is 1. The van der Waals surface area contributed by atoms with Crippen molar-refractivity contribution in [3.8, 4) is 0 Å². The summed E-state index contributed by atoms with van der Waals surface area (Å²) in [6.45, 7) is 2.48. The average Bonchev–Trinajstić information content (AvgIpc) is 2.03. The first-order valence-corrected chi connectivity index (χ1v) is 5.50. The Kier molecular flexibility index (Phi) is 2.54. The van der Waals surface area contributed by atoms with Crippen LogP contribution in [0, 0.1) is 0 Å². The van der Waals surface area contributed by atoms with Crippen LogP contribution in [0.25, 0.3) is 0 Å². The van der Waals surface area contributed by atoms with E-state index in [-0.39, 0.29) is 5.25 Å². The topological polar surface area (TPSA) is 37.4 Å². The van der Waals surface area contributed by atoms with Gasteiger partial charge < -0.3 is 0 Å². The lowest BCUT2D eigenvalue weighted by atomic mass is 10.2. The van der Waals surface area contributed by atoms with Crippen molar-refractivity contribution in [2.75, 3.05) is 13.6 Å². The number of hydrogen-bond acceptors (Lipinski definition) is 2. The molecule has 0 amide bonds. The first-order valence-electron chi connectivity index (χ1n) is 4.00. The molecule has 0 aromatic carbocycles. The van der Waals surface area contributed by atoms with Crippen LogP contribution in [-0.4, -0.2) is 31.6 Å². The smallest absolute Gasteiger partial charge is 0.212 e. The summed E-state index contributed by atoms with van der Waals surface area (Å²) in [6.07, 6.45) is 2.84. The molecule has 0 bridgehead atoms. The standard InChI is InChI=1S/C7H15NO2S/c1-7-5-3-4-6-8(2)11(7,9)10/h7H,3-6H2,1-2H3. The molecule has 1 rings (SSSR count). The quantitative estimate of drug-likeness (QED) is 0.549. The van der Waals surface area contributed by atoms with Crippen LogP contribution in [0.1, 0.15) is 26.2 Å². The van der Waals surface area contributed by atoms with Crippen LogP contribution in [0.5, 0.6) is 0 Å². The molecule has 4 heteroatoms. The molecule has 0 radical (unpaired) electrons. The molecule has 1 heterocycles. The van der Waals surface area contributed by atoms with Gasteiger partial charge in [-0.2, -0.15) is 0 Å². The molecule has 1 unspecified atom stereocenters. The van der Waals surface area contributed by atoms with Crippen LogP contribution >= 0.6 is 0 Å². The third-order valence-corrected chi connectivity index (χ3v) is 4.58. The molecule has 0 aliphatic carbocycles. The Morgan fingerprint density at radius 2 is 2.00 bits per heavy atom. The van der Waals surface area contributed by atoms with E-state index in [1.807, 2.05) is 0 Å². The van der Waals surface area contributed by atoms with Crippen molar-refractivity contribution in [1.29, 1.82) is 0 Å². The molecule has 11 heavy (non-hydrogen) atoms. The Balaban J connectivity index is 2.85. The lowest BCUT2D eigenvalue weighted by Crippen LogP contribution is -2.32. The molecule has 1 aliphatic heterocycles. The Morgan fingerprint density at radius 3 is 2.64 bits per heavy atom. The van der Waals surface area contributed by atoms with Crippen molar-refractivity contribution in [3.05, 3.63) is 0 Å². The Morgan fingerprint density at radius 1 is 1.36 bits per heavy atom. The van der Waals surface area contributed by atoms with Crippen molar-refractivity contribution < 1.29 is 8.42 Å². The zero-order valence-electron chi connectivity index (χ0n) is 7.08. The van der Waals surface area contributed by atoms with Crippen LogP contribution in [0.4, 0.5) is 0 Å². The molecule has 0 N–H and O–H groups in total. The summed E-state index contributed by atoms with van der Waals surface area (Å²) in [6, 6.07) is 0. The van der Waals surface area contributed by atoms with Gasteiger partial charge in [0.05, 0.1) is 5.25 Å². The van der Waals surface area contributed by atoms with Gasteiger partial charge in [-0.25, -0.2) is 12.7 Å². The predicted octanol–water partition coefficient (Wildman–Crippen LogP) is 0.820. The summed E-state index contributed by atoms with van der Waals surface area (Å²) >= 11 is 0. The fraction of sp³-hybridized carbons (Fsp3) is 1.00. The number of rotatable bonds is 0. The molecule has 3 nitrogen and oxygen atoms in total. The summed E-state index contributed by atoms with van der Waals surface area (Å²) in [5.74, 6) is 0. The predicted molar refractivity (Wildman–Crippen MR) is 44.9 cm³/mol. The lowest BCUT2D eigenvalue weighted by molar-refractivity contribution is 0.469. The highest BCUT2D eigenvalue weighted by Gasteiger charge is 2.27. The minimum atomic E-state index is -2.94. The van der Waals surface area contributed by atoms with E-state index in [1.165, 1.54) is 4.31 Å². The third-order valence-electron chi connectivity index (χ3n) is 2.28. The first-order chi connectivity index (χ1) is 5.05. The minimum absolute atomic E-state index is 0.185. The van der Waals surface area contributed by atoms with E-state index in [0.717, 1.165) is 19.3 Å². The maximum Gasteiger partial charge on any atom is 0.216 e. The van der Waals surface area contributed by atoms with Gasteiger partial charge in [-0.05, 0) is 19.8 Å². The summed E-state index contributed by atoms with van der Waals surface area (Å²) in [5, 5.41) is -0.185. The van der Waals surface area contributed by atoms with Gasteiger partial charge in [0.2, 0.25) is 10.0 Å². The molecule has 66 valence electrons. The largest absolute Gasteiger partial charge is 0.216 e. The van der Waals surface area contributed by atoms with Gasteiger partial charge in [0.1, 0.15) is 0 Å². The van der Waals surface area contributed by atoms with E-state index in [9.17, 15) is 8.42 Å². The number of hydrogen-bond donors (Lipinski definition) is 0. The van der Waals surface area contributed by atoms with Gasteiger partial charge in [-0.1, -0.05) is 6.42 Å². The van der Waals surface area contributed by atoms with Crippen LogP contribution in [0.15, 0.2) is 0 Å². The van der Waals surface area contributed by atoms with Crippen LogP contribution in [0.2, 0.25) is 0 Å². The fourth-order valence-corrected chi connectivity index (χ4v) is 2.81. The summed E-state index contributed by atoms with van der Waals surface area (Å²) < 4.78 is 24.4. The van der Waals surface area contributed by atoms with Gasteiger partial charge in [0.25, 0.3) is 0 Å². The maximum atomic E-state index is 11.5. The summed E-state index contributed by atoms with van der Waals surface area (Å²) in [4.78, 5) is 0. The molecule has 1 aliphatic rings. The van der Waals surface area contributed by atoms with Crippen LogP contribution in [0.3, 0.4) is 0 Å². The summed E-state index contributed by atoms with van der Waals surface area (Å²) in [5.41, 5.74) is 0. The first kappa shape index (κ1) is 9.00. The van der Waals surface area contributed by atoms with Gasteiger partial charge >= 0.3 is 0 Å². The van der Waals surface area contributed by atoms with E-state index in [0.29, 0.717) is 6.54 Å². The van der Waals surface area contributed by atoms with E-state index < -0.39 is 10.0 Å². The zero-order chi connectivity index (χ0) is 8.48. The van der Waals surface area contributed by atoms with Crippen molar-refractivity contribution in [3.63, 3.8) is 0 Å². The highest BCUT2D eigenvalue weighted by molar-refractivity contribution is 7.89. The Hall–Kier alpha value is -0.0900. The molecular formula is C7H15NO2S. The molecule has 0 saturated carbocycles. The van der Waals surface area contributed by atoms with Gasteiger partial charge in [-0.15, -0.1) is 0 Å². The van der Waals surface area contributed by atoms with E-state index in [1.54, 1.807) is 14.0 Å². The molecule has 1 fully saturated rings. The zero-order valence-corrected chi connectivity index (χ0v) is 7.89. The molecule has 1 saturated heterocycles. The second-order valence-corrected chi connectivity index (χ2v) is 5.63. The van der Waals surface area contributed by atoms with Crippen molar-refractivity contribution in [2.24, 2.45) is 0 Å². The second kappa shape index (κ2) is 3.11. The highest BCUT2D eigenvalue weighted by Crippen LogP contribution is 2.18. The number of nitrogens with zero attached hydrogens (tertiary/aromatic N) is 1. The molecule has 0 spiro atoms. The van der Waals surface area contributed by atoms with Crippen LogP contribution in [-0.2, 0) is 10.0 Å². The van der Waals surface area contributed by atoms with Gasteiger partial charge in [0.15, 0.2) is 0 Å². The molecule has 1 atom stereocenters. The average molecular weight is 177 g/mol. The third kappa shape index (κ3) is 1.73. The maximum absolute atomic E-state index is 11.5. The normalized spacial score (nSPS) is 33.1. The molecule has 0 aromatic rings. The second-order valence-electron chi connectivity index (χ2n) is 3.17. The minimum Gasteiger partial charge on any atom is -0.212 e. The van der Waals surface area contributed by atoms with Gasteiger partial charge in [-0.3, -0.25) is 0 Å². The molecule has 0 aromatic heterocycles. The van der Waals surface area contributed by atoms with E-state index >= 15 is 0 Å². The summed E-state index contributed by atoms with van der Waals surface area (Å²) in [7, 11) is -1.28. The Bertz CT molecular complexity index is 205. The SMILES string of the molecule is CC1CCCCN(C)S1(=O)=O. The molecular weight excluding hydrogens is 162 g/mol. The van der Waals surface area contributed by atoms with Crippen molar-refractivity contribution >= 4 is 10.0 Å². The highest BCUT2D eigenvalue weighted by atomic mass is 32.2. The fourth-order valence-electron chi connectivity index (χ4n) is 1.35. The van der Waals surface area contributed by atoms with E-state index in [2.05, 4.69) is 0 Å². The van der Waals surface area contributed by atoms with Gasteiger partial charge in [0, 0.05) is 13.6 Å². The van der Waals surface area contributed by atoms with E-state index in [4.69, 9.17) is 0 Å². The van der Waals surface area contributed by atoms with Crippen molar-refractivity contribution in [2.45, 2.75) is 31.4 Å². The Labute approximate surface area is 68.4 Å². The monoisotopic (exact) mass is 177 g/mol. The lowest BCUT2D eigenvalue weighted by Gasteiger charge is -2.16. The van der Waals surface area contributed by atoms with Crippen LogP contribution < -0.4 is 0 Å². The van der Waals surface area contributed by atoms with Crippen molar-refractivity contribution in [1.82, 2.24) is 4.31 Å².